The summed E-state index contributed by atoms with van der Waals surface area (Å²) in [6.45, 7) is 5.25. The number of nitrogens with one attached hydrogen (secondary N) is 1. The molecule has 2 unspecified atom stereocenters. The predicted molar refractivity (Wildman–Crippen MR) is 68.3 cm³/mol. The van der Waals surface area contributed by atoms with Gasteiger partial charge in [-0.2, -0.15) is 4.98 Å². The number of ether oxygens (including phenoxy) is 1. The second kappa shape index (κ2) is 5.34. The van der Waals surface area contributed by atoms with Crippen LogP contribution in [0, 0.1) is 18.8 Å². The second-order valence-corrected chi connectivity index (χ2v) is 5.04. The fourth-order valence-corrected chi connectivity index (χ4v) is 2.47. The molecule has 1 aromatic rings. The zero-order valence-corrected chi connectivity index (χ0v) is 10.9. The molecule has 1 aliphatic rings. The van der Waals surface area contributed by atoms with Gasteiger partial charge in [0.2, 0.25) is 11.8 Å². The summed E-state index contributed by atoms with van der Waals surface area (Å²) in [5.41, 5.74) is 0.930. The normalized spacial score (nSPS) is 23.7. The lowest BCUT2D eigenvalue weighted by atomic mass is 10.1. The van der Waals surface area contributed by atoms with Gasteiger partial charge in [0.1, 0.15) is 0 Å². The highest BCUT2D eigenvalue weighted by Crippen LogP contribution is 2.30. The smallest absolute Gasteiger partial charge is 0.226 e. The average molecular weight is 235 g/mol. The highest BCUT2D eigenvalue weighted by Gasteiger charge is 2.21. The van der Waals surface area contributed by atoms with Gasteiger partial charge in [0.05, 0.1) is 7.11 Å². The molecule has 94 valence electrons. The van der Waals surface area contributed by atoms with Crippen LogP contribution in [0.4, 0.5) is 5.95 Å². The SMILES string of the molecule is COc1cc(C)nc(NCC2CCC(C)C2)n1. The first-order valence-electron chi connectivity index (χ1n) is 6.31. The minimum atomic E-state index is 0.625. The van der Waals surface area contributed by atoms with E-state index in [4.69, 9.17) is 4.74 Å². The van der Waals surface area contributed by atoms with Gasteiger partial charge in [-0.05, 0) is 31.6 Å². The molecular formula is C13H21N3O. The van der Waals surface area contributed by atoms with E-state index in [2.05, 4.69) is 22.2 Å². The summed E-state index contributed by atoms with van der Waals surface area (Å²) in [6, 6.07) is 1.84. The van der Waals surface area contributed by atoms with Crippen molar-refractivity contribution < 1.29 is 4.74 Å². The van der Waals surface area contributed by atoms with Crippen molar-refractivity contribution in [3.63, 3.8) is 0 Å². The Bertz CT molecular complexity index is 381. The molecule has 1 fully saturated rings. The van der Waals surface area contributed by atoms with E-state index in [0.717, 1.165) is 24.1 Å². The van der Waals surface area contributed by atoms with Crippen LogP contribution in [0.1, 0.15) is 31.9 Å². The van der Waals surface area contributed by atoms with Crippen molar-refractivity contribution in [2.45, 2.75) is 33.1 Å². The van der Waals surface area contributed by atoms with Crippen LogP contribution in [0.3, 0.4) is 0 Å². The van der Waals surface area contributed by atoms with E-state index in [0.29, 0.717) is 11.8 Å². The molecule has 0 aliphatic heterocycles. The van der Waals surface area contributed by atoms with Crippen LogP contribution >= 0.6 is 0 Å². The molecule has 4 heteroatoms. The molecule has 4 nitrogen and oxygen atoms in total. The van der Waals surface area contributed by atoms with Crippen molar-refractivity contribution in [1.29, 1.82) is 0 Å². The number of anilines is 1. The van der Waals surface area contributed by atoms with Crippen LogP contribution in [-0.2, 0) is 0 Å². The minimum Gasteiger partial charge on any atom is -0.481 e. The molecule has 0 spiro atoms. The van der Waals surface area contributed by atoms with Gasteiger partial charge < -0.3 is 10.1 Å². The first kappa shape index (κ1) is 12.1. The highest BCUT2D eigenvalue weighted by molar-refractivity contribution is 5.30. The fourth-order valence-electron chi connectivity index (χ4n) is 2.47. The Morgan fingerprint density at radius 2 is 2.24 bits per heavy atom. The lowest BCUT2D eigenvalue weighted by Crippen LogP contribution is -2.14. The van der Waals surface area contributed by atoms with Crippen molar-refractivity contribution in [3.05, 3.63) is 11.8 Å². The van der Waals surface area contributed by atoms with Gasteiger partial charge in [-0.15, -0.1) is 0 Å². The number of hydrogen-bond acceptors (Lipinski definition) is 4. The standard InChI is InChI=1S/C13H21N3O/c1-9-4-5-11(6-9)8-14-13-15-10(2)7-12(16-13)17-3/h7,9,11H,4-6,8H2,1-3H3,(H,14,15,16). The summed E-state index contributed by atoms with van der Waals surface area (Å²) in [4.78, 5) is 8.65. The van der Waals surface area contributed by atoms with Crippen molar-refractivity contribution in [3.8, 4) is 5.88 Å². The van der Waals surface area contributed by atoms with Gasteiger partial charge in [-0.3, -0.25) is 0 Å². The van der Waals surface area contributed by atoms with Crippen molar-refractivity contribution in [1.82, 2.24) is 9.97 Å². The Kier molecular flexibility index (Phi) is 3.82. The summed E-state index contributed by atoms with van der Waals surface area (Å²) in [6.07, 6.45) is 3.98. The molecule has 17 heavy (non-hydrogen) atoms. The number of methoxy groups -OCH3 is 1. The van der Waals surface area contributed by atoms with Crippen molar-refractivity contribution in [2.75, 3.05) is 19.0 Å². The molecule has 1 saturated carbocycles. The van der Waals surface area contributed by atoms with E-state index >= 15 is 0 Å². The summed E-state index contributed by atoms with van der Waals surface area (Å²) < 4.78 is 5.13. The number of aryl methyl sites for hydroxylation is 1. The molecule has 2 rings (SSSR count). The summed E-state index contributed by atoms with van der Waals surface area (Å²) in [7, 11) is 1.63. The lowest BCUT2D eigenvalue weighted by molar-refractivity contribution is 0.396. The van der Waals surface area contributed by atoms with E-state index in [9.17, 15) is 0 Å². The molecule has 2 atom stereocenters. The van der Waals surface area contributed by atoms with E-state index < -0.39 is 0 Å². The number of nitrogens with zero attached hydrogens (tertiary/aromatic N) is 2. The maximum atomic E-state index is 5.13. The maximum Gasteiger partial charge on any atom is 0.226 e. The van der Waals surface area contributed by atoms with Gasteiger partial charge in [0.25, 0.3) is 0 Å². The topological polar surface area (TPSA) is 47.0 Å². The average Bonchev–Trinajstić information content (AvgIpc) is 2.72. The number of rotatable bonds is 4. The molecule has 0 amide bonds. The third-order valence-electron chi connectivity index (χ3n) is 3.39. The fraction of sp³-hybridized carbons (Fsp3) is 0.692. The Labute approximate surface area is 103 Å². The molecule has 1 N–H and O–H groups in total. The number of hydrogen-bond donors (Lipinski definition) is 1. The van der Waals surface area contributed by atoms with E-state index in [1.165, 1.54) is 19.3 Å². The Morgan fingerprint density at radius 3 is 2.88 bits per heavy atom. The second-order valence-electron chi connectivity index (χ2n) is 5.04. The van der Waals surface area contributed by atoms with Gasteiger partial charge >= 0.3 is 0 Å². The summed E-state index contributed by atoms with van der Waals surface area (Å²) >= 11 is 0. The predicted octanol–water partition coefficient (Wildman–Crippen LogP) is 2.64. The maximum absolute atomic E-state index is 5.13. The first-order valence-corrected chi connectivity index (χ1v) is 6.31. The molecule has 0 aromatic carbocycles. The Hall–Kier alpha value is -1.32. The highest BCUT2D eigenvalue weighted by atomic mass is 16.5. The molecule has 0 saturated heterocycles. The first-order chi connectivity index (χ1) is 8.17. The summed E-state index contributed by atoms with van der Waals surface area (Å²) in [5, 5.41) is 3.32. The van der Waals surface area contributed by atoms with Crippen LogP contribution in [0.2, 0.25) is 0 Å². The van der Waals surface area contributed by atoms with Crippen LogP contribution < -0.4 is 10.1 Å². The Balaban J connectivity index is 1.92. The van der Waals surface area contributed by atoms with Crippen LogP contribution in [0.5, 0.6) is 5.88 Å². The molecule has 1 aromatic heterocycles. The quantitative estimate of drug-likeness (QED) is 0.871. The van der Waals surface area contributed by atoms with E-state index in [1.54, 1.807) is 7.11 Å². The minimum absolute atomic E-state index is 0.625. The zero-order chi connectivity index (χ0) is 12.3. The monoisotopic (exact) mass is 235 g/mol. The third-order valence-corrected chi connectivity index (χ3v) is 3.39. The molecule has 0 radical (unpaired) electrons. The van der Waals surface area contributed by atoms with Gasteiger partial charge in [0.15, 0.2) is 0 Å². The third kappa shape index (κ3) is 3.32. The lowest BCUT2D eigenvalue weighted by Gasteiger charge is -2.12. The zero-order valence-electron chi connectivity index (χ0n) is 10.9. The van der Waals surface area contributed by atoms with Gasteiger partial charge in [-0.25, -0.2) is 4.98 Å². The van der Waals surface area contributed by atoms with Crippen LogP contribution in [0.25, 0.3) is 0 Å². The molecule has 0 bridgehead atoms. The Morgan fingerprint density at radius 1 is 1.41 bits per heavy atom. The van der Waals surface area contributed by atoms with E-state index in [-0.39, 0.29) is 0 Å². The molecule has 1 aliphatic carbocycles. The van der Waals surface area contributed by atoms with Gasteiger partial charge in [-0.1, -0.05) is 13.3 Å². The van der Waals surface area contributed by atoms with Crippen molar-refractivity contribution in [2.24, 2.45) is 11.8 Å². The van der Waals surface area contributed by atoms with Crippen molar-refractivity contribution >= 4 is 5.95 Å². The number of aromatic nitrogens is 2. The van der Waals surface area contributed by atoms with Crippen LogP contribution in [0.15, 0.2) is 6.07 Å². The largest absolute Gasteiger partial charge is 0.481 e. The van der Waals surface area contributed by atoms with Gasteiger partial charge in [0, 0.05) is 18.3 Å². The van der Waals surface area contributed by atoms with E-state index in [1.807, 2.05) is 13.0 Å². The summed E-state index contributed by atoms with van der Waals surface area (Å²) in [5.74, 6) is 2.94. The van der Waals surface area contributed by atoms with Crippen LogP contribution in [-0.4, -0.2) is 23.6 Å². The molecular weight excluding hydrogens is 214 g/mol. The molecule has 1 heterocycles.